The van der Waals surface area contributed by atoms with Crippen molar-refractivity contribution in [3.05, 3.63) is 41.6 Å². The fourth-order valence-corrected chi connectivity index (χ4v) is 5.10. The number of ether oxygens (including phenoxy) is 1. The molecule has 2 aromatic heterocycles. The molecule has 31 heavy (non-hydrogen) atoms. The molecule has 1 aliphatic heterocycles. The number of halogens is 1. The Morgan fingerprint density at radius 1 is 1.06 bits per heavy atom. The van der Waals surface area contributed by atoms with Crippen molar-refractivity contribution in [3.8, 4) is 17.0 Å². The number of rotatable bonds is 4. The third kappa shape index (κ3) is 4.46. The maximum absolute atomic E-state index is 6.38. The third-order valence-corrected chi connectivity index (χ3v) is 6.34. The van der Waals surface area contributed by atoms with Gasteiger partial charge in [0, 0.05) is 47.4 Å². The number of nitrogens with one attached hydrogen (secondary N) is 1. The summed E-state index contributed by atoms with van der Waals surface area (Å²) in [6.07, 6.45) is 3.78. The number of aromatic nitrogens is 3. The Morgan fingerprint density at radius 3 is 2.39 bits per heavy atom. The van der Waals surface area contributed by atoms with Crippen molar-refractivity contribution in [2.24, 2.45) is 0 Å². The topological polar surface area (TPSA) is 63.2 Å². The predicted octanol–water partition coefficient (Wildman–Crippen LogP) is 5.10. The highest BCUT2D eigenvalue weighted by atomic mass is 35.5. The van der Waals surface area contributed by atoms with Gasteiger partial charge in [-0.3, -0.25) is 4.98 Å². The molecule has 0 bridgehead atoms. The second kappa shape index (κ2) is 7.92. The van der Waals surface area contributed by atoms with E-state index in [-0.39, 0.29) is 11.1 Å². The summed E-state index contributed by atoms with van der Waals surface area (Å²) < 4.78 is 5.60. The molecule has 1 N–H and O–H groups in total. The van der Waals surface area contributed by atoms with Crippen LogP contribution in [0.2, 0.25) is 5.02 Å². The zero-order valence-corrected chi connectivity index (χ0v) is 19.8. The summed E-state index contributed by atoms with van der Waals surface area (Å²) in [6.45, 7) is 9.04. The van der Waals surface area contributed by atoms with Crippen LogP contribution in [0.15, 0.2) is 36.5 Å². The quantitative estimate of drug-likeness (QED) is 0.610. The fraction of sp³-hybridized carbons (Fsp3) is 0.458. The lowest BCUT2D eigenvalue weighted by Crippen LogP contribution is -2.62. The summed E-state index contributed by atoms with van der Waals surface area (Å²) in [5.74, 6) is 1.56. The van der Waals surface area contributed by atoms with Gasteiger partial charge in [0.15, 0.2) is 5.82 Å². The Kier molecular flexibility index (Phi) is 5.56. The van der Waals surface area contributed by atoms with E-state index in [4.69, 9.17) is 16.3 Å². The SMILES string of the molecule is COc1cc2nccc(Cl)c2cc1-c1ccc(N(C)C2CC(C)(C)NC(C)(C)C2)nn1. The summed E-state index contributed by atoms with van der Waals surface area (Å²) >= 11 is 6.38. The van der Waals surface area contributed by atoms with Crippen LogP contribution in [0.4, 0.5) is 5.82 Å². The van der Waals surface area contributed by atoms with E-state index >= 15 is 0 Å². The van der Waals surface area contributed by atoms with Crippen molar-refractivity contribution in [1.29, 1.82) is 0 Å². The number of nitrogens with zero attached hydrogens (tertiary/aromatic N) is 4. The average Bonchev–Trinajstić information content (AvgIpc) is 2.70. The van der Waals surface area contributed by atoms with E-state index in [9.17, 15) is 0 Å². The lowest BCUT2D eigenvalue weighted by atomic mass is 9.79. The Balaban J connectivity index is 1.65. The van der Waals surface area contributed by atoms with Crippen LogP contribution in [0.25, 0.3) is 22.2 Å². The van der Waals surface area contributed by atoms with Crippen molar-refractivity contribution in [2.45, 2.75) is 57.7 Å². The third-order valence-electron chi connectivity index (χ3n) is 6.01. The first kappa shape index (κ1) is 21.8. The summed E-state index contributed by atoms with van der Waals surface area (Å²) in [5.41, 5.74) is 2.51. The number of pyridine rings is 1. The average molecular weight is 440 g/mol. The molecule has 0 atom stereocenters. The maximum Gasteiger partial charge on any atom is 0.151 e. The molecular weight excluding hydrogens is 410 g/mol. The highest BCUT2D eigenvalue weighted by Gasteiger charge is 2.39. The van der Waals surface area contributed by atoms with Crippen LogP contribution in [0.5, 0.6) is 5.75 Å². The first-order valence-corrected chi connectivity index (χ1v) is 10.9. The summed E-state index contributed by atoms with van der Waals surface area (Å²) in [7, 11) is 3.75. The molecule has 1 saturated heterocycles. The van der Waals surface area contributed by atoms with E-state index in [1.807, 2.05) is 24.3 Å². The number of benzene rings is 1. The fourth-order valence-electron chi connectivity index (χ4n) is 4.90. The van der Waals surface area contributed by atoms with Crippen LogP contribution >= 0.6 is 11.6 Å². The molecule has 0 saturated carbocycles. The molecule has 164 valence electrons. The highest BCUT2D eigenvalue weighted by molar-refractivity contribution is 6.35. The second-order valence-corrected chi connectivity index (χ2v) is 10.1. The van der Waals surface area contributed by atoms with Gasteiger partial charge in [0.2, 0.25) is 0 Å². The standard InChI is InChI=1S/C24H30ClN5O/c1-23(2)13-15(14-24(3,4)29-23)30(5)22-8-7-19(27-28-22)17-11-16-18(25)9-10-26-20(16)12-21(17)31-6/h7-12,15,29H,13-14H2,1-6H3. The Bertz CT molecular complexity index is 1080. The van der Waals surface area contributed by atoms with E-state index in [0.29, 0.717) is 16.8 Å². The van der Waals surface area contributed by atoms with Gasteiger partial charge in [0.1, 0.15) is 5.75 Å². The zero-order valence-electron chi connectivity index (χ0n) is 19.0. The molecule has 4 rings (SSSR count). The van der Waals surface area contributed by atoms with Crippen LogP contribution in [0, 0.1) is 0 Å². The molecule has 0 spiro atoms. The van der Waals surface area contributed by atoms with Gasteiger partial charge in [-0.1, -0.05) is 11.6 Å². The minimum Gasteiger partial charge on any atom is -0.496 e. The second-order valence-electron chi connectivity index (χ2n) is 9.70. The number of piperidine rings is 1. The van der Waals surface area contributed by atoms with Gasteiger partial charge in [0.05, 0.1) is 23.3 Å². The van der Waals surface area contributed by atoms with Gasteiger partial charge in [0.25, 0.3) is 0 Å². The smallest absolute Gasteiger partial charge is 0.151 e. The van der Waals surface area contributed by atoms with E-state index < -0.39 is 0 Å². The van der Waals surface area contributed by atoms with E-state index in [0.717, 1.165) is 40.8 Å². The van der Waals surface area contributed by atoms with Crippen molar-refractivity contribution in [1.82, 2.24) is 20.5 Å². The van der Waals surface area contributed by atoms with Gasteiger partial charge in [-0.25, -0.2) is 0 Å². The molecule has 1 fully saturated rings. The van der Waals surface area contributed by atoms with Crippen LogP contribution in [0.1, 0.15) is 40.5 Å². The van der Waals surface area contributed by atoms with Gasteiger partial charge >= 0.3 is 0 Å². The molecule has 0 radical (unpaired) electrons. The number of hydrogen-bond acceptors (Lipinski definition) is 6. The van der Waals surface area contributed by atoms with Crippen LogP contribution in [-0.2, 0) is 0 Å². The largest absolute Gasteiger partial charge is 0.496 e. The van der Waals surface area contributed by atoms with Gasteiger partial charge in [-0.05, 0) is 64.8 Å². The first-order chi connectivity index (χ1) is 14.6. The molecule has 7 heteroatoms. The molecule has 3 heterocycles. The van der Waals surface area contributed by atoms with Crippen molar-refractivity contribution in [2.75, 3.05) is 19.1 Å². The summed E-state index contributed by atoms with van der Waals surface area (Å²) in [4.78, 5) is 6.64. The lowest BCUT2D eigenvalue weighted by molar-refractivity contribution is 0.160. The number of hydrogen-bond donors (Lipinski definition) is 1. The van der Waals surface area contributed by atoms with E-state index in [1.54, 1.807) is 19.4 Å². The minimum atomic E-state index is 0.0693. The monoisotopic (exact) mass is 439 g/mol. The highest BCUT2D eigenvalue weighted by Crippen LogP contribution is 2.36. The number of anilines is 1. The number of fused-ring (bicyclic) bond motifs is 1. The molecule has 1 aromatic carbocycles. The molecule has 6 nitrogen and oxygen atoms in total. The van der Waals surface area contributed by atoms with Crippen molar-refractivity contribution in [3.63, 3.8) is 0 Å². The first-order valence-electron chi connectivity index (χ1n) is 10.6. The lowest BCUT2D eigenvalue weighted by Gasteiger charge is -2.49. The molecule has 0 unspecified atom stereocenters. The number of methoxy groups -OCH3 is 1. The normalized spacial score (nSPS) is 18.2. The van der Waals surface area contributed by atoms with Crippen LogP contribution in [-0.4, -0.2) is 46.5 Å². The predicted molar refractivity (Wildman–Crippen MR) is 127 cm³/mol. The Hall–Kier alpha value is -2.44. The molecule has 0 amide bonds. The molecule has 0 aliphatic carbocycles. The van der Waals surface area contributed by atoms with Crippen molar-refractivity contribution >= 4 is 28.3 Å². The Labute approximate surface area is 189 Å². The van der Waals surface area contributed by atoms with Crippen LogP contribution in [0.3, 0.4) is 0 Å². The maximum atomic E-state index is 6.38. The molecule has 3 aromatic rings. The molecular formula is C24H30ClN5O. The van der Waals surface area contributed by atoms with E-state index in [2.05, 4.69) is 60.1 Å². The minimum absolute atomic E-state index is 0.0693. The van der Waals surface area contributed by atoms with Crippen LogP contribution < -0.4 is 15.0 Å². The van der Waals surface area contributed by atoms with Crippen molar-refractivity contribution < 1.29 is 4.74 Å². The molecule has 1 aliphatic rings. The van der Waals surface area contributed by atoms with Gasteiger partial charge in [-0.15, -0.1) is 10.2 Å². The summed E-state index contributed by atoms with van der Waals surface area (Å²) in [6, 6.07) is 10.0. The van der Waals surface area contributed by atoms with E-state index in [1.165, 1.54) is 0 Å². The van der Waals surface area contributed by atoms with Gasteiger partial charge in [-0.2, -0.15) is 0 Å². The Morgan fingerprint density at radius 2 is 1.77 bits per heavy atom. The van der Waals surface area contributed by atoms with Gasteiger partial charge < -0.3 is 15.0 Å². The summed E-state index contributed by atoms with van der Waals surface area (Å²) in [5, 5.41) is 14.3. The zero-order chi connectivity index (χ0) is 22.4.